The summed E-state index contributed by atoms with van der Waals surface area (Å²) < 4.78 is 4.80. The molecule has 0 unspecified atom stereocenters. The van der Waals surface area contributed by atoms with Crippen LogP contribution >= 0.6 is 0 Å². The summed E-state index contributed by atoms with van der Waals surface area (Å²) in [6.07, 6.45) is 6.11. The van der Waals surface area contributed by atoms with E-state index in [1.807, 2.05) is 0 Å². The molecule has 10 heavy (non-hydrogen) atoms. The number of ether oxygens (including phenoxy) is 1. The Bertz CT molecular complexity index is 89.6. The Hall–Kier alpha value is 0.0934. The molecule has 1 aliphatic rings. The van der Waals surface area contributed by atoms with E-state index in [0.717, 1.165) is 12.8 Å². The Balaban J connectivity index is 0.000000810. The maximum Gasteiger partial charge on any atom is 0.293 e. The minimum absolute atomic E-state index is 0. The fourth-order valence-electron chi connectivity index (χ4n) is 1.28. The van der Waals surface area contributed by atoms with Crippen LogP contribution in [-0.2, 0) is 29.0 Å². The van der Waals surface area contributed by atoms with Gasteiger partial charge in [-0.2, -0.15) is 0 Å². The Morgan fingerprint density at radius 1 is 1.20 bits per heavy atom. The van der Waals surface area contributed by atoms with Gasteiger partial charge in [0.15, 0.2) is 0 Å². The van der Waals surface area contributed by atoms with E-state index >= 15 is 0 Å². The van der Waals surface area contributed by atoms with Crippen LogP contribution < -0.4 is 0 Å². The van der Waals surface area contributed by atoms with Crippen molar-refractivity contribution in [1.82, 2.24) is 0 Å². The zero-order chi connectivity index (χ0) is 6.53. The van der Waals surface area contributed by atoms with Crippen LogP contribution in [0.25, 0.3) is 0 Å². The molecule has 0 aromatic rings. The summed E-state index contributed by atoms with van der Waals surface area (Å²) in [4.78, 5) is 9.85. The van der Waals surface area contributed by atoms with Gasteiger partial charge in [0.1, 0.15) is 6.10 Å². The zero-order valence-corrected chi connectivity index (χ0v) is 9.18. The second kappa shape index (κ2) is 5.85. The molecule has 0 spiro atoms. The van der Waals surface area contributed by atoms with Gasteiger partial charge in [0.05, 0.1) is 0 Å². The molecule has 54 valence electrons. The fourth-order valence-corrected chi connectivity index (χ4v) is 1.28. The summed E-state index contributed by atoms with van der Waals surface area (Å²) in [5.41, 5.74) is 0. The van der Waals surface area contributed by atoms with E-state index in [4.69, 9.17) is 4.74 Å². The van der Waals surface area contributed by atoms with Crippen LogP contribution in [0.5, 0.6) is 0 Å². The van der Waals surface area contributed by atoms with Crippen molar-refractivity contribution in [3.05, 3.63) is 0 Å². The van der Waals surface area contributed by atoms with Gasteiger partial charge < -0.3 is 4.74 Å². The normalized spacial score (nSPS) is 19.2. The third-order valence-corrected chi connectivity index (χ3v) is 1.80. The molecule has 3 heteroatoms. The third-order valence-electron chi connectivity index (χ3n) is 1.80. The summed E-state index contributed by atoms with van der Waals surface area (Å²) >= 11 is 0. The molecule has 0 heterocycles. The molecule has 0 bridgehead atoms. The van der Waals surface area contributed by atoms with Gasteiger partial charge in [0, 0.05) is 19.5 Å². The largest absolute Gasteiger partial charge is 0.465 e. The first-order valence-electron chi connectivity index (χ1n) is 3.52. The molecule has 2 nitrogen and oxygen atoms in total. The van der Waals surface area contributed by atoms with Gasteiger partial charge in [-0.05, 0) is 25.7 Å². The minimum Gasteiger partial charge on any atom is -0.465 e. The second-order valence-electron chi connectivity index (χ2n) is 2.49. The Morgan fingerprint density at radius 3 is 2.30 bits per heavy atom. The summed E-state index contributed by atoms with van der Waals surface area (Å²) in [7, 11) is 0. The predicted molar refractivity (Wildman–Crippen MR) is 34.0 cm³/mol. The summed E-state index contributed by atoms with van der Waals surface area (Å²) in [5, 5.41) is 0. The molecule has 0 aromatic heterocycles. The van der Waals surface area contributed by atoms with Gasteiger partial charge in [0.2, 0.25) is 0 Å². The van der Waals surface area contributed by atoms with Crippen molar-refractivity contribution in [2.45, 2.75) is 38.2 Å². The molecule has 1 saturated carbocycles. The molecule has 0 saturated heterocycles. The van der Waals surface area contributed by atoms with Crippen molar-refractivity contribution in [1.29, 1.82) is 0 Å². The van der Waals surface area contributed by atoms with Crippen molar-refractivity contribution in [3.8, 4) is 0 Å². The van der Waals surface area contributed by atoms with E-state index in [9.17, 15) is 4.79 Å². The molecule has 0 aliphatic heterocycles. The maximum atomic E-state index is 9.85. The monoisotopic (exact) mass is 192 g/mol. The SMILES string of the molecule is O=COC1CCCCC1.[Zn]. The van der Waals surface area contributed by atoms with Crippen molar-refractivity contribution in [2.24, 2.45) is 0 Å². The van der Waals surface area contributed by atoms with E-state index in [1.54, 1.807) is 0 Å². The van der Waals surface area contributed by atoms with Crippen LogP contribution in [0.3, 0.4) is 0 Å². The topological polar surface area (TPSA) is 26.3 Å². The summed E-state index contributed by atoms with van der Waals surface area (Å²) in [5.74, 6) is 0. The quantitative estimate of drug-likeness (QED) is 0.491. The minimum atomic E-state index is 0. The zero-order valence-electron chi connectivity index (χ0n) is 6.21. The smallest absolute Gasteiger partial charge is 0.293 e. The van der Waals surface area contributed by atoms with Crippen molar-refractivity contribution in [3.63, 3.8) is 0 Å². The molecule has 0 aromatic carbocycles. The average Bonchev–Trinajstić information content (AvgIpc) is 1.91. The van der Waals surface area contributed by atoms with Gasteiger partial charge in [-0.15, -0.1) is 0 Å². The van der Waals surface area contributed by atoms with Crippen LogP contribution in [0.15, 0.2) is 0 Å². The van der Waals surface area contributed by atoms with E-state index in [1.165, 1.54) is 19.3 Å². The Morgan fingerprint density at radius 2 is 1.80 bits per heavy atom. The first-order chi connectivity index (χ1) is 4.43. The molecule has 1 fully saturated rings. The van der Waals surface area contributed by atoms with E-state index < -0.39 is 0 Å². The molecule has 0 N–H and O–H groups in total. The van der Waals surface area contributed by atoms with Crippen LogP contribution in [0.2, 0.25) is 0 Å². The first-order valence-corrected chi connectivity index (χ1v) is 3.52. The first kappa shape index (κ1) is 10.1. The number of carbonyl (C=O) groups is 1. The van der Waals surface area contributed by atoms with Crippen molar-refractivity contribution < 1.29 is 29.0 Å². The van der Waals surface area contributed by atoms with Gasteiger partial charge in [-0.3, -0.25) is 4.79 Å². The predicted octanol–water partition coefficient (Wildman–Crippen LogP) is 1.49. The molecule has 1 rings (SSSR count). The van der Waals surface area contributed by atoms with Crippen molar-refractivity contribution >= 4 is 6.47 Å². The maximum absolute atomic E-state index is 9.85. The molecule has 0 atom stereocenters. The Kier molecular flexibility index (Phi) is 5.90. The van der Waals surface area contributed by atoms with E-state index in [-0.39, 0.29) is 25.6 Å². The van der Waals surface area contributed by atoms with E-state index in [0.29, 0.717) is 6.47 Å². The van der Waals surface area contributed by atoms with Crippen LogP contribution in [0.1, 0.15) is 32.1 Å². The average molecular weight is 194 g/mol. The molecular formula is C7H12O2Zn. The van der Waals surface area contributed by atoms with Crippen LogP contribution in [-0.4, -0.2) is 12.6 Å². The molecule has 0 radical (unpaired) electrons. The van der Waals surface area contributed by atoms with Gasteiger partial charge in [-0.25, -0.2) is 0 Å². The van der Waals surface area contributed by atoms with Crippen molar-refractivity contribution in [2.75, 3.05) is 0 Å². The summed E-state index contributed by atoms with van der Waals surface area (Å²) in [6.45, 7) is 0.565. The number of carbonyl (C=O) groups excluding carboxylic acids is 1. The second-order valence-corrected chi connectivity index (χ2v) is 2.49. The van der Waals surface area contributed by atoms with E-state index in [2.05, 4.69) is 0 Å². The molecule has 1 aliphatic carbocycles. The van der Waals surface area contributed by atoms with Gasteiger partial charge >= 0.3 is 0 Å². The van der Waals surface area contributed by atoms with Crippen LogP contribution in [0, 0.1) is 0 Å². The third kappa shape index (κ3) is 3.31. The Labute approximate surface area is 74.1 Å². The molecular weight excluding hydrogens is 181 g/mol. The van der Waals surface area contributed by atoms with Gasteiger partial charge in [0.25, 0.3) is 6.47 Å². The van der Waals surface area contributed by atoms with Crippen LogP contribution in [0.4, 0.5) is 0 Å². The summed E-state index contributed by atoms with van der Waals surface area (Å²) in [6, 6.07) is 0. The van der Waals surface area contributed by atoms with Gasteiger partial charge in [-0.1, -0.05) is 6.42 Å². The fraction of sp³-hybridized carbons (Fsp3) is 0.857. The standard InChI is InChI=1S/C7H12O2.Zn/c8-6-9-7-4-2-1-3-5-7;/h6-7H,1-5H2;. The number of hydrogen-bond donors (Lipinski definition) is 0. The number of rotatable bonds is 2. The molecule has 0 amide bonds. The number of hydrogen-bond acceptors (Lipinski definition) is 2.